The minimum Gasteiger partial charge on any atom is -0.346 e. The minimum absolute atomic E-state index is 0.000398. The molecule has 1 amide bonds. The van der Waals surface area contributed by atoms with E-state index in [-0.39, 0.29) is 18.0 Å². The normalized spacial score (nSPS) is 17.5. The van der Waals surface area contributed by atoms with E-state index in [1.54, 1.807) is 0 Å². The number of nitrogens with one attached hydrogen (secondary N) is 1. The van der Waals surface area contributed by atoms with Gasteiger partial charge in [0.15, 0.2) is 0 Å². The number of rotatable bonds is 5. The maximum absolute atomic E-state index is 13.4. The van der Waals surface area contributed by atoms with Crippen LogP contribution in [0.3, 0.4) is 0 Å². The molecule has 30 heavy (non-hydrogen) atoms. The molecule has 0 radical (unpaired) electrons. The van der Waals surface area contributed by atoms with Crippen LogP contribution in [0.2, 0.25) is 5.02 Å². The van der Waals surface area contributed by atoms with Crippen LogP contribution >= 0.6 is 11.6 Å². The van der Waals surface area contributed by atoms with Crippen LogP contribution in [0.15, 0.2) is 73.1 Å². The number of hydrogen-bond donors (Lipinski definition) is 1. The summed E-state index contributed by atoms with van der Waals surface area (Å²) in [6.45, 7) is 0.763. The molecular weight excluding hydrogens is 396 g/mol. The van der Waals surface area contributed by atoms with Crippen molar-refractivity contribution < 1.29 is 4.79 Å². The Hall–Kier alpha value is -3.05. The molecule has 1 saturated heterocycles. The van der Waals surface area contributed by atoms with Gasteiger partial charge in [-0.05, 0) is 54.8 Å². The van der Waals surface area contributed by atoms with Gasteiger partial charge in [0.05, 0.1) is 29.5 Å². The molecule has 1 fully saturated rings. The van der Waals surface area contributed by atoms with Gasteiger partial charge in [0.25, 0.3) is 0 Å². The number of benzene rings is 2. The van der Waals surface area contributed by atoms with Crippen LogP contribution in [-0.4, -0.2) is 31.9 Å². The number of imidazole rings is 1. The van der Waals surface area contributed by atoms with Gasteiger partial charge in [-0.2, -0.15) is 0 Å². The highest BCUT2D eigenvalue weighted by molar-refractivity contribution is 6.30. The minimum atomic E-state index is -0.0679. The van der Waals surface area contributed by atoms with Gasteiger partial charge < -0.3 is 14.5 Å². The average Bonchev–Trinajstić information content (AvgIpc) is 3.52. The first-order valence-electron chi connectivity index (χ1n) is 10.3. The molecule has 0 bridgehead atoms. The molecule has 152 valence electrons. The Bertz CT molecular complexity index is 1120. The summed E-state index contributed by atoms with van der Waals surface area (Å²) in [5.74, 6) is 1.03. The largest absolute Gasteiger partial charge is 0.346 e. The molecule has 1 aliphatic rings. The van der Waals surface area contributed by atoms with Crippen LogP contribution in [0.1, 0.15) is 42.7 Å². The summed E-state index contributed by atoms with van der Waals surface area (Å²) in [6, 6.07) is 19.7. The van der Waals surface area contributed by atoms with E-state index >= 15 is 0 Å². The summed E-state index contributed by atoms with van der Waals surface area (Å²) in [7, 11) is 0. The number of carbonyl (C=O) groups excluding carboxylic acids is 1. The SMILES string of the molecule is O=C(C[C@@H](c1ccc(Cl)cc1)n1cccc1)N1CCC[C@H]1c1nc2ccccc2[nH]1. The fourth-order valence-electron chi connectivity index (χ4n) is 4.40. The first-order valence-corrected chi connectivity index (χ1v) is 10.7. The van der Waals surface area contributed by atoms with E-state index in [1.807, 2.05) is 78.0 Å². The number of para-hydroxylation sites is 2. The fraction of sp³-hybridized carbons (Fsp3) is 0.250. The lowest BCUT2D eigenvalue weighted by Gasteiger charge is -2.27. The Balaban J connectivity index is 1.41. The van der Waals surface area contributed by atoms with E-state index in [0.29, 0.717) is 11.4 Å². The fourth-order valence-corrected chi connectivity index (χ4v) is 4.52. The maximum Gasteiger partial charge on any atom is 0.225 e. The van der Waals surface area contributed by atoms with Crippen molar-refractivity contribution in [1.82, 2.24) is 19.4 Å². The van der Waals surface area contributed by atoms with E-state index in [0.717, 1.165) is 41.8 Å². The van der Waals surface area contributed by atoms with Crippen molar-refractivity contribution in [2.24, 2.45) is 0 Å². The van der Waals surface area contributed by atoms with Crippen molar-refractivity contribution in [3.63, 3.8) is 0 Å². The van der Waals surface area contributed by atoms with Crippen LogP contribution in [0.4, 0.5) is 0 Å². The second-order valence-corrected chi connectivity index (χ2v) is 8.22. The predicted octanol–water partition coefficient (Wildman–Crippen LogP) is 5.36. The van der Waals surface area contributed by atoms with Crippen LogP contribution in [-0.2, 0) is 4.79 Å². The number of nitrogens with zero attached hydrogens (tertiary/aromatic N) is 3. The monoisotopic (exact) mass is 418 g/mol. The van der Waals surface area contributed by atoms with E-state index < -0.39 is 0 Å². The topological polar surface area (TPSA) is 53.9 Å². The Morgan fingerprint density at radius 3 is 2.63 bits per heavy atom. The molecule has 0 spiro atoms. The van der Waals surface area contributed by atoms with Gasteiger partial charge in [-0.1, -0.05) is 35.9 Å². The molecule has 4 aromatic rings. The predicted molar refractivity (Wildman–Crippen MR) is 118 cm³/mol. The zero-order valence-corrected chi connectivity index (χ0v) is 17.3. The summed E-state index contributed by atoms with van der Waals surface area (Å²) in [5, 5.41) is 0.695. The first-order chi connectivity index (χ1) is 14.7. The highest BCUT2D eigenvalue weighted by Crippen LogP contribution is 2.34. The molecule has 2 aromatic carbocycles. The number of aromatic amines is 1. The van der Waals surface area contributed by atoms with Crippen molar-refractivity contribution in [1.29, 1.82) is 0 Å². The van der Waals surface area contributed by atoms with Gasteiger partial charge in [-0.3, -0.25) is 4.79 Å². The molecular formula is C24H23ClN4O. The third-order valence-electron chi connectivity index (χ3n) is 5.91. The summed E-state index contributed by atoms with van der Waals surface area (Å²) in [5.41, 5.74) is 3.03. The van der Waals surface area contributed by atoms with Crippen LogP contribution in [0.25, 0.3) is 11.0 Å². The van der Waals surface area contributed by atoms with Gasteiger partial charge in [0, 0.05) is 24.0 Å². The molecule has 1 aliphatic heterocycles. The Morgan fingerprint density at radius 1 is 1.10 bits per heavy atom. The van der Waals surface area contributed by atoms with Crippen molar-refractivity contribution >= 4 is 28.5 Å². The molecule has 3 heterocycles. The summed E-state index contributed by atoms with van der Waals surface area (Å²) in [4.78, 5) is 23.6. The smallest absolute Gasteiger partial charge is 0.225 e. The second kappa shape index (κ2) is 8.00. The summed E-state index contributed by atoms with van der Waals surface area (Å²) in [6.07, 6.45) is 6.33. The van der Waals surface area contributed by atoms with E-state index in [4.69, 9.17) is 16.6 Å². The highest BCUT2D eigenvalue weighted by atomic mass is 35.5. The third kappa shape index (κ3) is 3.61. The van der Waals surface area contributed by atoms with Crippen molar-refractivity contribution in [2.45, 2.75) is 31.3 Å². The van der Waals surface area contributed by atoms with E-state index in [2.05, 4.69) is 9.55 Å². The number of amides is 1. The lowest BCUT2D eigenvalue weighted by Crippen LogP contribution is -2.33. The number of carbonyl (C=O) groups is 1. The molecule has 0 unspecified atom stereocenters. The maximum atomic E-state index is 13.4. The molecule has 0 saturated carbocycles. The number of aromatic nitrogens is 3. The van der Waals surface area contributed by atoms with Crippen molar-refractivity contribution in [2.75, 3.05) is 6.54 Å². The quantitative estimate of drug-likeness (QED) is 0.474. The third-order valence-corrected chi connectivity index (χ3v) is 6.16. The van der Waals surface area contributed by atoms with Gasteiger partial charge in [0.2, 0.25) is 5.91 Å². The number of hydrogen-bond acceptors (Lipinski definition) is 2. The van der Waals surface area contributed by atoms with Crippen LogP contribution in [0, 0.1) is 0 Å². The van der Waals surface area contributed by atoms with Gasteiger partial charge >= 0.3 is 0 Å². The highest BCUT2D eigenvalue weighted by Gasteiger charge is 2.33. The molecule has 2 atom stereocenters. The zero-order valence-electron chi connectivity index (χ0n) is 16.5. The van der Waals surface area contributed by atoms with E-state index in [9.17, 15) is 4.79 Å². The van der Waals surface area contributed by atoms with Crippen molar-refractivity contribution in [3.8, 4) is 0 Å². The Labute approximate surface area is 180 Å². The summed E-state index contributed by atoms with van der Waals surface area (Å²) >= 11 is 6.08. The number of fused-ring (bicyclic) bond motifs is 1. The molecule has 1 N–H and O–H groups in total. The Kier molecular flexibility index (Phi) is 5.05. The van der Waals surface area contributed by atoms with E-state index in [1.165, 1.54) is 0 Å². The molecule has 5 nitrogen and oxygen atoms in total. The first kappa shape index (κ1) is 18.9. The average molecular weight is 419 g/mol. The number of H-pyrrole nitrogens is 1. The Morgan fingerprint density at radius 2 is 1.87 bits per heavy atom. The molecule has 5 rings (SSSR count). The summed E-state index contributed by atoms with van der Waals surface area (Å²) < 4.78 is 2.09. The lowest BCUT2D eigenvalue weighted by molar-refractivity contribution is -0.132. The molecule has 0 aliphatic carbocycles. The molecule has 6 heteroatoms. The van der Waals surface area contributed by atoms with Gasteiger partial charge in [0.1, 0.15) is 5.82 Å². The van der Waals surface area contributed by atoms with Crippen molar-refractivity contribution in [3.05, 3.63) is 89.5 Å². The second-order valence-electron chi connectivity index (χ2n) is 7.79. The molecule has 2 aromatic heterocycles. The standard InChI is InChI=1S/C24H23ClN4O/c25-18-11-9-17(10-12-18)22(28-13-3-4-14-28)16-23(30)29-15-5-8-21(29)24-26-19-6-1-2-7-20(19)27-24/h1-4,6-7,9-14,21-22H,5,8,15-16H2,(H,26,27)/t21-,22-/m0/s1. The van der Waals surface area contributed by atoms with Crippen LogP contribution < -0.4 is 0 Å². The number of halogens is 1. The number of likely N-dealkylation sites (tertiary alicyclic amines) is 1. The van der Waals surface area contributed by atoms with Gasteiger partial charge in [-0.25, -0.2) is 4.98 Å². The van der Waals surface area contributed by atoms with Gasteiger partial charge in [-0.15, -0.1) is 0 Å². The van der Waals surface area contributed by atoms with Crippen LogP contribution in [0.5, 0.6) is 0 Å². The zero-order chi connectivity index (χ0) is 20.5. The lowest BCUT2D eigenvalue weighted by atomic mass is 10.0.